The summed E-state index contributed by atoms with van der Waals surface area (Å²) in [6.07, 6.45) is 5.75. The highest BCUT2D eigenvalue weighted by Crippen LogP contribution is 2.51. The molecule has 4 rings (SSSR count). The van der Waals surface area contributed by atoms with E-state index in [1.165, 1.54) is 22.4 Å². The van der Waals surface area contributed by atoms with Gasteiger partial charge in [0.15, 0.2) is 0 Å². The Morgan fingerprint density at radius 1 is 1.09 bits per heavy atom. The van der Waals surface area contributed by atoms with E-state index in [4.69, 9.17) is 23.2 Å². The number of rotatable bonds is 1. The largest absolute Gasteiger partial charge is 0.378 e. The van der Waals surface area contributed by atoms with E-state index in [1.807, 2.05) is 12.1 Å². The molecule has 3 atom stereocenters. The van der Waals surface area contributed by atoms with Gasteiger partial charge in [-0.3, -0.25) is 0 Å². The monoisotopic (exact) mass is 343 g/mol. The standard InChI is InChI=1S/C20H19Cl2N/c1-11-8-12(2)19-14-4-3-5-15(14)20(23-18(19)9-11)16-7-6-13(21)10-17(16)22/h3-4,6-10,14-15,20,23H,5H2,1-2H3/t14-,15-,20+/m1/s1. The summed E-state index contributed by atoms with van der Waals surface area (Å²) < 4.78 is 0. The van der Waals surface area contributed by atoms with Crippen LogP contribution in [0.1, 0.15) is 40.6 Å². The maximum absolute atomic E-state index is 6.50. The zero-order valence-corrected chi connectivity index (χ0v) is 14.7. The highest BCUT2D eigenvalue weighted by Gasteiger charge is 2.39. The summed E-state index contributed by atoms with van der Waals surface area (Å²) in [5.41, 5.74) is 6.48. The van der Waals surface area contributed by atoms with Gasteiger partial charge in [0.1, 0.15) is 0 Å². The first-order valence-corrected chi connectivity index (χ1v) is 8.79. The summed E-state index contributed by atoms with van der Waals surface area (Å²) in [5.74, 6) is 0.964. The highest BCUT2D eigenvalue weighted by atomic mass is 35.5. The molecule has 23 heavy (non-hydrogen) atoms. The minimum absolute atomic E-state index is 0.216. The first-order valence-electron chi connectivity index (χ1n) is 8.04. The zero-order valence-electron chi connectivity index (χ0n) is 13.2. The van der Waals surface area contributed by atoms with E-state index >= 15 is 0 Å². The van der Waals surface area contributed by atoms with Gasteiger partial charge in [-0.2, -0.15) is 0 Å². The fraction of sp³-hybridized carbons (Fsp3) is 0.300. The molecule has 0 spiro atoms. The Balaban J connectivity index is 1.84. The molecular weight excluding hydrogens is 325 g/mol. The lowest BCUT2D eigenvalue weighted by Crippen LogP contribution is -2.30. The van der Waals surface area contributed by atoms with E-state index < -0.39 is 0 Å². The molecule has 1 nitrogen and oxygen atoms in total. The van der Waals surface area contributed by atoms with Crippen LogP contribution in [0, 0.1) is 19.8 Å². The van der Waals surface area contributed by atoms with E-state index in [0.29, 0.717) is 16.9 Å². The molecule has 0 bridgehead atoms. The zero-order chi connectivity index (χ0) is 16.1. The van der Waals surface area contributed by atoms with Crippen LogP contribution in [-0.4, -0.2) is 0 Å². The van der Waals surface area contributed by atoms with Crippen LogP contribution in [0.25, 0.3) is 0 Å². The molecule has 0 saturated heterocycles. The first-order chi connectivity index (χ1) is 11.0. The van der Waals surface area contributed by atoms with Gasteiger partial charge in [0.05, 0.1) is 6.04 Å². The van der Waals surface area contributed by atoms with Gasteiger partial charge in [0.25, 0.3) is 0 Å². The minimum atomic E-state index is 0.216. The van der Waals surface area contributed by atoms with Gasteiger partial charge in [-0.1, -0.05) is 47.5 Å². The molecule has 2 aromatic rings. The van der Waals surface area contributed by atoms with Crippen molar-refractivity contribution in [1.29, 1.82) is 0 Å². The molecule has 1 aliphatic carbocycles. The predicted molar refractivity (Wildman–Crippen MR) is 98.7 cm³/mol. The Hall–Kier alpha value is -1.44. The second kappa shape index (κ2) is 5.58. The van der Waals surface area contributed by atoms with Gasteiger partial charge in [-0.15, -0.1) is 0 Å². The summed E-state index contributed by atoms with van der Waals surface area (Å²) in [7, 11) is 0. The third kappa shape index (κ3) is 2.47. The Labute approximate surface area is 147 Å². The summed E-state index contributed by atoms with van der Waals surface area (Å²) >= 11 is 12.6. The van der Waals surface area contributed by atoms with Crippen molar-refractivity contribution in [3.05, 3.63) is 74.8 Å². The second-order valence-corrected chi connectivity index (χ2v) is 7.53. The van der Waals surface area contributed by atoms with Crippen LogP contribution in [-0.2, 0) is 0 Å². The molecular formula is C20H19Cl2N. The van der Waals surface area contributed by atoms with Gasteiger partial charge in [-0.25, -0.2) is 0 Å². The van der Waals surface area contributed by atoms with Gasteiger partial charge in [0.2, 0.25) is 0 Å². The fourth-order valence-corrected chi connectivity index (χ4v) is 4.73. The van der Waals surface area contributed by atoms with Gasteiger partial charge in [0, 0.05) is 21.7 Å². The Kier molecular flexibility index (Phi) is 3.66. The Morgan fingerprint density at radius 3 is 2.70 bits per heavy atom. The lowest BCUT2D eigenvalue weighted by atomic mass is 9.75. The van der Waals surface area contributed by atoms with Crippen LogP contribution < -0.4 is 5.32 Å². The molecule has 1 N–H and O–H groups in total. The van der Waals surface area contributed by atoms with Crippen LogP contribution in [0.5, 0.6) is 0 Å². The number of benzene rings is 2. The lowest BCUT2D eigenvalue weighted by molar-refractivity contribution is 0.424. The number of aryl methyl sites for hydroxylation is 2. The maximum atomic E-state index is 6.50. The molecule has 1 heterocycles. The number of allylic oxidation sites excluding steroid dienone is 2. The third-order valence-electron chi connectivity index (χ3n) is 5.11. The highest BCUT2D eigenvalue weighted by molar-refractivity contribution is 6.35. The lowest BCUT2D eigenvalue weighted by Gasteiger charge is -2.39. The quantitative estimate of drug-likeness (QED) is 0.587. The molecule has 0 radical (unpaired) electrons. The van der Waals surface area contributed by atoms with Crippen molar-refractivity contribution in [3.63, 3.8) is 0 Å². The van der Waals surface area contributed by atoms with Crippen molar-refractivity contribution in [2.24, 2.45) is 5.92 Å². The SMILES string of the molecule is Cc1cc(C)c2c(c1)N[C@H](c1ccc(Cl)cc1Cl)[C@@H]1CC=C[C@@H]21. The van der Waals surface area contributed by atoms with Crippen LogP contribution in [0.2, 0.25) is 10.0 Å². The van der Waals surface area contributed by atoms with Crippen molar-refractivity contribution in [2.45, 2.75) is 32.2 Å². The van der Waals surface area contributed by atoms with Crippen LogP contribution in [0.3, 0.4) is 0 Å². The second-order valence-electron chi connectivity index (χ2n) is 6.68. The van der Waals surface area contributed by atoms with Crippen molar-refractivity contribution in [1.82, 2.24) is 0 Å². The van der Waals surface area contributed by atoms with Gasteiger partial charge in [-0.05, 0) is 66.6 Å². The van der Waals surface area contributed by atoms with Crippen molar-refractivity contribution in [3.8, 4) is 0 Å². The smallest absolute Gasteiger partial charge is 0.0568 e. The van der Waals surface area contributed by atoms with Crippen LogP contribution in [0.15, 0.2) is 42.5 Å². The maximum Gasteiger partial charge on any atom is 0.0568 e. The number of anilines is 1. The van der Waals surface area contributed by atoms with E-state index in [1.54, 1.807) is 0 Å². The summed E-state index contributed by atoms with van der Waals surface area (Å²) in [4.78, 5) is 0. The van der Waals surface area contributed by atoms with Crippen LogP contribution in [0.4, 0.5) is 5.69 Å². The minimum Gasteiger partial charge on any atom is -0.378 e. The number of fused-ring (bicyclic) bond motifs is 3. The molecule has 118 valence electrons. The normalized spacial score (nSPS) is 25.0. The Morgan fingerprint density at radius 2 is 1.91 bits per heavy atom. The molecule has 0 unspecified atom stereocenters. The summed E-state index contributed by atoms with van der Waals surface area (Å²) in [6, 6.07) is 10.6. The fourth-order valence-electron chi connectivity index (χ4n) is 4.20. The van der Waals surface area contributed by atoms with Crippen molar-refractivity contribution < 1.29 is 0 Å². The first kappa shape index (κ1) is 15.1. The molecule has 0 saturated carbocycles. The van der Waals surface area contributed by atoms with Crippen molar-refractivity contribution >= 4 is 28.9 Å². The number of hydrogen-bond acceptors (Lipinski definition) is 1. The van der Waals surface area contributed by atoms with E-state index in [2.05, 4.69) is 49.5 Å². The molecule has 1 aliphatic heterocycles. The third-order valence-corrected chi connectivity index (χ3v) is 5.68. The summed E-state index contributed by atoms with van der Waals surface area (Å²) in [6.45, 7) is 4.36. The topological polar surface area (TPSA) is 12.0 Å². The molecule has 3 heteroatoms. The van der Waals surface area contributed by atoms with Crippen LogP contribution >= 0.6 is 23.2 Å². The number of hydrogen-bond donors (Lipinski definition) is 1. The average Bonchev–Trinajstić information content (AvgIpc) is 2.95. The van der Waals surface area contributed by atoms with Gasteiger partial charge >= 0.3 is 0 Å². The number of nitrogens with one attached hydrogen (secondary N) is 1. The average molecular weight is 344 g/mol. The summed E-state index contributed by atoms with van der Waals surface area (Å²) in [5, 5.41) is 5.19. The predicted octanol–water partition coefficient (Wildman–Crippen LogP) is 6.44. The van der Waals surface area contributed by atoms with Crippen molar-refractivity contribution in [2.75, 3.05) is 5.32 Å². The molecule has 0 fully saturated rings. The van der Waals surface area contributed by atoms with E-state index in [-0.39, 0.29) is 6.04 Å². The molecule has 0 amide bonds. The molecule has 2 aromatic carbocycles. The Bertz CT molecular complexity index is 810. The molecule has 0 aromatic heterocycles. The van der Waals surface area contributed by atoms with E-state index in [9.17, 15) is 0 Å². The van der Waals surface area contributed by atoms with Gasteiger partial charge < -0.3 is 5.32 Å². The van der Waals surface area contributed by atoms with E-state index in [0.717, 1.165) is 17.0 Å². The number of halogens is 2. The molecule has 2 aliphatic rings.